The second-order valence-corrected chi connectivity index (χ2v) is 3.55. The van der Waals surface area contributed by atoms with E-state index in [1.807, 2.05) is 6.92 Å². The molecule has 1 atom stereocenters. The monoisotopic (exact) mass is 201 g/mol. The zero-order valence-corrected chi connectivity index (χ0v) is 8.04. The molecule has 0 spiro atoms. The highest BCUT2D eigenvalue weighted by Gasteiger charge is 2.06. The molecular weight excluding hydrogens is 190 g/mol. The van der Waals surface area contributed by atoms with Gasteiger partial charge in [-0.15, -0.1) is 10.2 Å². The number of carboxylic acid groups (broad SMARTS) is 1. The van der Waals surface area contributed by atoms with Gasteiger partial charge >= 0.3 is 5.97 Å². The fourth-order valence-corrected chi connectivity index (χ4v) is 1.42. The minimum atomic E-state index is -0.772. The molecule has 0 radical (unpaired) electrons. The Hall–Kier alpha value is -1.17. The van der Waals surface area contributed by atoms with Crippen LogP contribution in [-0.2, 0) is 4.79 Å². The van der Waals surface area contributed by atoms with Gasteiger partial charge in [0.2, 0.25) is 5.13 Å². The number of hydrogen-bond acceptors (Lipinski definition) is 5. The Balaban J connectivity index is 2.25. The fourth-order valence-electron chi connectivity index (χ4n) is 0.859. The average Bonchev–Trinajstić information content (AvgIpc) is 2.53. The van der Waals surface area contributed by atoms with Crippen molar-refractivity contribution < 1.29 is 9.90 Å². The third-order valence-corrected chi connectivity index (χ3v) is 2.14. The molecule has 0 aliphatic carbocycles. The number of carbonyl (C=O) groups is 1. The molecule has 1 unspecified atom stereocenters. The third-order valence-electron chi connectivity index (χ3n) is 1.52. The van der Waals surface area contributed by atoms with E-state index in [4.69, 9.17) is 5.11 Å². The van der Waals surface area contributed by atoms with Gasteiger partial charge in [0.1, 0.15) is 5.51 Å². The zero-order chi connectivity index (χ0) is 9.68. The summed E-state index contributed by atoms with van der Waals surface area (Å²) in [7, 11) is 0. The van der Waals surface area contributed by atoms with Crippen molar-refractivity contribution in [2.24, 2.45) is 0 Å². The number of hydrogen-bond donors (Lipinski definition) is 2. The summed E-state index contributed by atoms with van der Waals surface area (Å²) in [5.41, 5.74) is 1.63. The summed E-state index contributed by atoms with van der Waals surface area (Å²) in [5.74, 6) is -0.772. The molecule has 0 aliphatic heterocycles. The van der Waals surface area contributed by atoms with Gasteiger partial charge in [-0.1, -0.05) is 11.3 Å². The largest absolute Gasteiger partial charge is 0.481 e. The maximum Gasteiger partial charge on any atom is 0.303 e. The lowest BCUT2D eigenvalue weighted by molar-refractivity contribution is -0.137. The van der Waals surface area contributed by atoms with Gasteiger partial charge in [-0.25, -0.2) is 0 Å². The molecule has 0 aromatic carbocycles. The summed E-state index contributed by atoms with van der Waals surface area (Å²) in [5, 5.41) is 19.7. The van der Waals surface area contributed by atoms with Crippen LogP contribution in [0.5, 0.6) is 0 Å². The van der Waals surface area contributed by atoms with E-state index >= 15 is 0 Å². The number of aliphatic carboxylic acids is 1. The van der Waals surface area contributed by atoms with E-state index in [0.717, 1.165) is 5.13 Å². The number of aromatic nitrogens is 2. The van der Waals surface area contributed by atoms with Crippen LogP contribution in [0.2, 0.25) is 0 Å². The molecule has 0 amide bonds. The van der Waals surface area contributed by atoms with Gasteiger partial charge in [-0.3, -0.25) is 4.79 Å². The van der Waals surface area contributed by atoms with Gasteiger partial charge in [0.05, 0.1) is 0 Å². The first-order chi connectivity index (χ1) is 6.18. The minimum absolute atomic E-state index is 0.115. The number of anilines is 1. The van der Waals surface area contributed by atoms with Crippen LogP contribution in [0.1, 0.15) is 19.8 Å². The predicted octanol–water partition coefficient (Wildman–Crippen LogP) is 1.20. The Morgan fingerprint density at radius 2 is 2.62 bits per heavy atom. The number of rotatable bonds is 5. The fraction of sp³-hybridized carbons (Fsp3) is 0.571. The third kappa shape index (κ3) is 3.84. The van der Waals surface area contributed by atoms with Crippen molar-refractivity contribution in [1.29, 1.82) is 0 Å². The molecule has 0 aliphatic rings. The van der Waals surface area contributed by atoms with Crippen molar-refractivity contribution in [1.82, 2.24) is 10.2 Å². The van der Waals surface area contributed by atoms with E-state index in [0.29, 0.717) is 6.42 Å². The molecular formula is C7H11N3O2S. The molecule has 1 aromatic heterocycles. The Morgan fingerprint density at radius 3 is 3.15 bits per heavy atom. The van der Waals surface area contributed by atoms with Crippen molar-refractivity contribution in [3.05, 3.63) is 5.51 Å². The van der Waals surface area contributed by atoms with Gasteiger partial charge in [0.15, 0.2) is 0 Å². The average molecular weight is 201 g/mol. The standard InChI is InChI=1S/C7H11N3O2S/c1-5(2-3-6(11)12)9-7-10-8-4-13-7/h4-5H,2-3H2,1H3,(H,9,10)(H,11,12). The quantitative estimate of drug-likeness (QED) is 0.748. The van der Waals surface area contributed by atoms with Crippen LogP contribution in [0.25, 0.3) is 0 Å². The van der Waals surface area contributed by atoms with E-state index < -0.39 is 5.97 Å². The number of nitrogens with zero attached hydrogens (tertiary/aromatic N) is 2. The highest BCUT2D eigenvalue weighted by atomic mass is 32.1. The molecule has 2 N–H and O–H groups in total. The lowest BCUT2D eigenvalue weighted by Gasteiger charge is -2.09. The van der Waals surface area contributed by atoms with Crippen LogP contribution in [0.3, 0.4) is 0 Å². The smallest absolute Gasteiger partial charge is 0.303 e. The van der Waals surface area contributed by atoms with Gasteiger partial charge in [0, 0.05) is 12.5 Å². The molecule has 0 saturated heterocycles. The van der Waals surface area contributed by atoms with Gasteiger partial charge in [0.25, 0.3) is 0 Å². The van der Waals surface area contributed by atoms with E-state index in [1.165, 1.54) is 11.3 Å². The highest BCUT2D eigenvalue weighted by molar-refractivity contribution is 7.13. The van der Waals surface area contributed by atoms with E-state index in [9.17, 15) is 4.79 Å². The van der Waals surface area contributed by atoms with E-state index in [-0.39, 0.29) is 12.5 Å². The van der Waals surface area contributed by atoms with Crippen LogP contribution in [0.4, 0.5) is 5.13 Å². The van der Waals surface area contributed by atoms with Crippen molar-refractivity contribution in [3.63, 3.8) is 0 Å². The summed E-state index contributed by atoms with van der Waals surface area (Å²) >= 11 is 1.40. The Labute approximate surface area is 79.8 Å². The summed E-state index contributed by atoms with van der Waals surface area (Å²) in [6, 6.07) is 0.115. The molecule has 72 valence electrons. The summed E-state index contributed by atoms with van der Waals surface area (Å²) in [6.07, 6.45) is 0.766. The van der Waals surface area contributed by atoms with Gasteiger partial charge in [-0.05, 0) is 13.3 Å². The summed E-state index contributed by atoms with van der Waals surface area (Å²) in [6.45, 7) is 1.92. The summed E-state index contributed by atoms with van der Waals surface area (Å²) < 4.78 is 0. The van der Waals surface area contributed by atoms with Gasteiger partial charge in [-0.2, -0.15) is 0 Å². The van der Waals surface area contributed by atoms with Crippen molar-refractivity contribution >= 4 is 22.4 Å². The Morgan fingerprint density at radius 1 is 1.85 bits per heavy atom. The molecule has 1 aromatic rings. The van der Waals surface area contributed by atoms with Crippen molar-refractivity contribution in [3.8, 4) is 0 Å². The zero-order valence-electron chi connectivity index (χ0n) is 7.23. The molecule has 13 heavy (non-hydrogen) atoms. The van der Waals surface area contributed by atoms with Crippen LogP contribution >= 0.6 is 11.3 Å². The minimum Gasteiger partial charge on any atom is -0.481 e. The van der Waals surface area contributed by atoms with E-state index in [2.05, 4.69) is 15.5 Å². The van der Waals surface area contributed by atoms with Crippen LogP contribution in [-0.4, -0.2) is 27.3 Å². The number of nitrogens with one attached hydrogen (secondary N) is 1. The second kappa shape index (κ2) is 4.76. The lowest BCUT2D eigenvalue weighted by atomic mass is 10.2. The first kappa shape index (κ1) is 9.91. The van der Waals surface area contributed by atoms with Crippen molar-refractivity contribution in [2.75, 3.05) is 5.32 Å². The molecule has 1 rings (SSSR count). The predicted molar refractivity (Wildman–Crippen MR) is 49.9 cm³/mol. The molecule has 1 heterocycles. The Kier molecular flexibility index (Phi) is 3.63. The van der Waals surface area contributed by atoms with E-state index in [1.54, 1.807) is 5.51 Å². The lowest BCUT2D eigenvalue weighted by Crippen LogP contribution is -2.16. The first-order valence-electron chi connectivity index (χ1n) is 3.93. The second-order valence-electron chi connectivity index (χ2n) is 2.72. The Bertz CT molecular complexity index is 263. The topological polar surface area (TPSA) is 75.1 Å². The van der Waals surface area contributed by atoms with Gasteiger partial charge < -0.3 is 10.4 Å². The molecule has 5 nitrogen and oxygen atoms in total. The van der Waals surface area contributed by atoms with Crippen LogP contribution in [0.15, 0.2) is 5.51 Å². The maximum atomic E-state index is 10.3. The molecule has 0 bridgehead atoms. The number of carboxylic acids is 1. The summed E-state index contributed by atoms with van der Waals surface area (Å²) in [4.78, 5) is 10.3. The first-order valence-corrected chi connectivity index (χ1v) is 4.81. The van der Waals surface area contributed by atoms with Crippen LogP contribution < -0.4 is 5.32 Å². The molecule has 0 fully saturated rings. The molecule has 6 heteroatoms. The van der Waals surface area contributed by atoms with Crippen LogP contribution in [0, 0.1) is 0 Å². The normalized spacial score (nSPS) is 12.4. The highest BCUT2D eigenvalue weighted by Crippen LogP contribution is 2.11. The molecule has 0 saturated carbocycles. The SMILES string of the molecule is CC(CCC(=O)O)Nc1nncs1. The maximum absolute atomic E-state index is 10.3. The van der Waals surface area contributed by atoms with Crippen molar-refractivity contribution in [2.45, 2.75) is 25.8 Å².